The van der Waals surface area contributed by atoms with Crippen molar-refractivity contribution in [1.82, 2.24) is 4.90 Å². The van der Waals surface area contributed by atoms with Gasteiger partial charge in [0.1, 0.15) is 11.7 Å². The largest absolute Gasteiger partial charge is 0.366 e. The molecule has 0 bridgehead atoms. The molecule has 0 aliphatic carbocycles. The maximum absolute atomic E-state index is 14.0. The van der Waals surface area contributed by atoms with Gasteiger partial charge in [-0.25, -0.2) is 4.39 Å². The highest BCUT2D eigenvalue weighted by Gasteiger charge is 2.40. The van der Waals surface area contributed by atoms with Gasteiger partial charge in [-0.3, -0.25) is 9.59 Å². The van der Waals surface area contributed by atoms with Gasteiger partial charge in [-0.05, 0) is 36.8 Å². The van der Waals surface area contributed by atoms with Crippen molar-refractivity contribution >= 4 is 34.8 Å². The van der Waals surface area contributed by atoms with Gasteiger partial charge in [-0.15, -0.1) is 0 Å². The fraction of sp³-hybridized carbons (Fsp3) is 0.333. The first-order valence-corrected chi connectivity index (χ1v) is 9.77. The van der Waals surface area contributed by atoms with Crippen LogP contribution >= 0.6 is 11.6 Å². The van der Waals surface area contributed by atoms with Crippen LogP contribution in [0.15, 0.2) is 48.5 Å². The number of carbonyl (C=O) groups excluding carboxylic acids is 2. The van der Waals surface area contributed by atoms with Crippen LogP contribution in [0.3, 0.4) is 0 Å². The minimum atomic E-state index is -0.654. The molecule has 0 unspecified atom stereocenters. The molecular formula is C21H21ClFN3O2. The normalized spacial score (nSPS) is 20.0. The minimum absolute atomic E-state index is 0.136. The van der Waals surface area contributed by atoms with E-state index in [0.29, 0.717) is 49.9 Å². The van der Waals surface area contributed by atoms with Gasteiger partial charge in [-0.2, -0.15) is 0 Å². The fourth-order valence-electron chi connectivity index (χ4n) is 3.91. The summed E-state index contributed by atoms with van der Waals surface area (Å²) in [4.78, 5) is 31.0. The molecule has 7 heteroatoms. The van der Waals surface area contributed by atoms with E-state index in [1.54, 1.807) is 46.2 Å². The molecule has 0 spiro atoms. The maximum atomic E-state index is 14.0. The smallest absolute Gasteiger partial charge is 0.239 e. The molecule has 2 amide bonds. The van der Waals surface area contributed by atoms with Crippen LogP contribution in [0.2, 0.25) is 5.02 Å². The molecule has 5 nitrogen and oxygen atoms in total. The molecule has 2 aromatic carbocycles. The number of piperazine rings is 1. The fourth-order valence-corrected chi connectivity index (χ4v) is 4.09. The number of rotatable bonds is 3. The van der Waals surface area contributed by atoms with Gasteiger partial charge in [0.05, 0.1) is 5.69 Å². The van der Waals surface area contributed by atoms with E-state index in [0.717, 1.165) is 5.69 Å². The summed E-state index contributed by atoms with van der Waals surface area (Å²) in [6.45, 7) is 2.56. The first-order valence-electron chi connectivity index (χ1n) is 9.40. The van der Waals surface area contributed by atoms with E-state index in [1.165, 1.54) is 6.07 Å². The van der Waals surface area contributed by atoms with Crippen LogP contribution in [-0.4, -0.2) is 49.4 Å². The predicted octanol–water partition coefficient (Wildman–Crippen LogP) is 3.18. The first-order chi connectivity index (χ1) is 13.5. The van der Waals surface area contributed by atoms with Gasteiger partial charge < -0.3 is 14.7 Å². The van der Waals surface area contributed by atoms with Crippen molar-refractivity contribution in [2.24, 2.45) is 5.92 Å². The first kappa shape index (κ1) is 18.7. The van der Waals surface area contributed by atoms with Crippen molar-refractivity contribution in [2.45, 2.75) is 6.42 Å². The highest BCUT2D eigenvalue weighted by atomic mass is 35.5. The Hall–Kier alpha value is -2.60. The van der Waals surface area contributed by atoms with Gasteiger partial charge in [0.15, 0.2) is 0 Å². The number of nitrogens with zero attached hydrogens (tertiary/aromatic N) is 3. The molecule has 2 aliphatic rings. The molecule has 2 saturated heterocycles. The summed E-state index contributed by atoms with van der Waals surface area (Å²) in [5.41, 5.74) is 1.27. The van der Waals surface area contributed by atoms with Gasteiger partial charge in [-0.1, -0.05) is 29.8 Å². The summed E-state index contributed by atoms with van der Waals surface area (Å²) < 4.78 is 14.0. The summed E-state index contributed by atoms with van der Waals surface area (Å²) in [6.07, 6.45) is 0.498. The zero-order valence-corrected chi connectivity index (χ0v) is 16.1. The molecule has 4 rings (SSSR count). The Balaban J connectivity index is 1.39. The Labute approximate surface area is 168 Å². The number of hydrogen-bond donors (Lipinski definition) is 0. The van der Waals surface area contributed by atoms with Gasteiger partial charge >= 0.3 is 0 Å². The highest BCUT2D eigenvalue weighted by molar-refractivity contribution is 6.31. The lowest BCUT2D eigenvalue weighted by molar-refractivity contribution is -0.140. The number of amides is 2. The van der Waals surface area contributed by atoms with Crippen molar-refractivity contribution in [2.75, 3.05) is 42.5 Å². The van der Waals surface area contributed by atoms with E-state index < -0.39 is 5.92 Å². The molecule has 2 heterocycles. The monoisotopic (exact) mass is 401 g/mol. The van der Waals surface area contributed by atoms with Crippen molar-refractivity contribution in [3.63, 3.8) is 0 Å². The SMILES string of the molecule is O=C([C@@H]1CCN(c2cccc(Cl)c2)C1=O)N1CCN(c2ccccc2F)CC1. The molecule has 0 saturated carbocycles. The Morgan fingerprint density at radius 1 is 1.00 bits per heavy atom. The summed E-state index contributed by atoms with van der Waals surface area (Å²) in [6, 6.07) is 13.8. The van der Waals surface area contributed by atoms with Crippen LogP contribution in [0.5, 0.6) is 0 Å². The van der Waals surface area contributed by atoms with Gasteiger partial charge in [0, 0.05) is 43.4 Å². The molecule has 146 valence electrons. The molecule has 0 N–H and O–H groups in total. The number of hydrogen-bond acceptors (Lipinski definition) is 3. The van der Waals surface area contributed by atoms with Crippen LogP contribution < -0.4 is 9.80 Å². The van der Waals surface area contributed by atoms with Crippen LogP contribution in [0.4, 0.5) is 15.8 Å². The third-order valence-corrected chi connectivity index (χ3v) is 5.64. The van der Waals surface area contributed by atoms with Gasteiger partial charge in [0.25, 0.3) is 0 Å². The highest BCUT2D eigenvalue weighted by Crippen LogP contribution is 2.29. The number of para-hydroxylation sites is 1. The number of anilines is 2. The number of halogens is 2. The van der Waals surface area contributed by atoms with Crippen molar-refractivity contribution in [3.8, 4) is 0 Å². The molecule has 2 aliphatic heterocycles. The van der Waals surface area contributed by atoms with Crippen LogP contribution in [0.1, 0.15) is 6.42 Å². The predicted molar refractivity (Wildman–Crippen MR) is 107 cm³/mol. The summed E-state index contributed by atoms with van der Waals surface area (Å²) >= 11 is 6.02. The number of benzene rings is 2. The Bertz CT molecular complexity index is 899. The van der Waals surface area contributed by atoms with Gasteiger partial charge in [0.2, 0.25) is 11.8 Å². The summed E-state index contributed by atoms with van der Waals surface area (Å²) in [5, 5.41) is 0.560. The molecule has 2 aromatic rings. The van der Waals surface area contributed by atoms with E-state index in [-0.39, 0.29) is 17.6 Å². The van der Waals surface area contributed by atoms with Crippen molar-refractivity contribution in [1.29, 1.82) is 0 Å². The minimum Gasteiger partial charge on any atom is -0.366 e. The topological polar surface area (TPSA) is 43.9 Å². The molecule has 2 fully saturated rings. The van der Waals surface area contributed by atoms with E-state index in [9.17, 15) is 14.0 Å². The maximum Gasteiger partial charge on any atom is 0.239 e. The van der Waals surface area contributed by atoms with Crippen LogP contribution in [0, 0.1) is 11.7 Å². The average Bonchev–Trinajstić information content (AvgIpc) is 3.09. The third kappa shape index (κ3) is 3.56. The molecule has 0 radical (unpaired) electrons. The second-order valence-electron chi connectivity index (χ2n) is 7.07. The van der Waals surface area contributed by atoms with Crippen molar-refractivity contribution in [3.05, 3.63) is 59.4 Å². The summed E-state index contributed by atoms with van der Waals surface area (Å²) in [5.74, 6) is -1.23. The average molecular weight is 402 g/mol. The van der Waals surface area contributed by atoms with E-state index in [2.05, 4.69) is 0 Å². The second kappa shape index (κ2) is 7.80. The molecule has 0 aromatic heterocycles. The lowest BCUT2D eigenvalue weighted by Gasteiger charge is -2.37. The third-order valence-electron chi connectivity index (χ3n) is 5.41. The van der Waals surface area contributed by atoms with Crippen LogP contribution in [-0.2, 0) is 9.59 Å². The molecular weight excluding hydrogens is 381 g/mol. The molecule has 28 heavy (non-hydrogen) atoms. The van der Waals surface area contributed by atoms with Crippen LogP contribution in [0.25, 0.3) is 0 Å². The quantitative estimate of drug-likeness (QED) is 0.742. The Kier molecular flexibility index (Phi) is 5.22. The zero-order chi connectivity index (χ0) is 19.7. The summed E-state index contributed by atoms with van der Waals surface area (Å²) in [7, 11) is 0. The lowest BCUT2D eigenvalue weighted by atomic mass is 10.1. The Morgan fingerprint density at radius 3 is 2.46 bits per heavy atom. The second-order valence-corrected chi connectivity index (χ2v) is 7.51. The number of carbonyl (C=O) groups is 2. The van der Waals surface area contributed by atoms with E-state index >= 15 is 0 Å². The Morgan fingerprint density at radius 2 is 1.75 bits per heavy atom. The zero-order valence-electron chi connectivity index (χ0n) is 15.4. The lowest BCUT2D eigenvalue weighted by Crippen LogP contribution is -2.51. The standard InChI is InChI=1S/C21H21ClFN3O2/c22-15-4-3-5-16(14-15)26-9-8-17(21(26)28)20(27)25-12-10-24(11-13-25)19-7-2-1-6-18(19)23/h1-7,14,17H,8-13H2/t17-/m0/s1. The van der Waals surface area contributed by atoms with Crippen molar-refractivity contribution < 1.29 is 14.0 Å². The molecule has 1 atom stereocenters. The van der Waals surface area contributed by atoms with E-state index in [1.807, 2.05) is 11.0 Å². The van der Waals surface area contributed by atoms with E-state index in [4.69, 9.17) is 11.6 Å².